The highest BCUT2D eigenvalue weighted by Crippen LogP contribution is 2.34. The molecule has 0 unspecified atom stereocenters. The number of methoxy groups -OCH3 is 1. The molecule has 0 aliphatic heterocycles. The molecule has 0 N–H and O–H groups in total. The first-order valence-corrected chi connectivity index (χ1v) is 8.51. The fraction of sp³-hybridized carbons (Fsp3) is 0.190. The van der Waals surface area contributed by atoms with Crippen molar-refractivity contribution in [3.05, 3.63) is 60.4 Å². The second-order valence-corrected chi connectivity index (χ2v) is 6.03. The van der Waals surface area contributed by atoms with Crippen LogP contribution in [0.3, 0.4) is 0 Å². The van der Waals surface area contributed by atoms with Crippen LogP contribution in [-0.2, 0) is 9.53 Å². The molecule has 0 bridgehead atoms. The van der Waals surface area contributed by atoms with Gasteiger partial charge in [0.25, 0.3) is 0 Å². The summed E-state index contributed by atoms with van der Waals surface area (Å²) >= 11 is 0. The topological polar surface area (TPSA) is 70.5 Å². The van der Waals surface area contributed by atoms with Crippen molar-refractivity contribution >= 4 is 22.9 Å². The standard InChI is InChI=1S/C21H20N2O4/c1-14(2)26-20(24)11-9-15-8-10-18(19(12-15)25-3)27-21-16-6-4-5-7-17(16)22-13-23-21/h4-14H,1-3H3. The molecule has 0 radical (unpaired) electrons. The summed E-state index contributed by atoms with van der Waals surface area (Å²) in [6.07, 6.45) is 4.35. The molecular formula is C21H20N2O4. The molecule has 0 atom stereocenters. The number of rotatable bonds is 6. The Morgan fingerprint density at radius 1 is 1.07 bits per heavy atom. The fourth-order valence-corrected chi connectivity index (χ4v) is 2.47. The number of hydrogen-bond donors (Lipinski definition) is 0. The number of ether oxygens (including phenoxy) is 3. The average Bonchev–Trinajstić information content (AvgIpc) is 2.67. The Hall–Kier alpha value is -3.41. The average molecular weight is 364 g/mol. The quantitative estimate of drug-likeness (QED) is 0.477. The monoisotopic (exact) mass is 364 g/mol. The van der Waals surface area contributed by atoms with Crippen LogP contribution in [0, 0.1) is 0 Å². The molecule has 0 fully saturated rings. The molecule has 0 saturated carbocycles. The Bertz CT molecular complexity index is 978. The van der Waals surface area contributed by atoms with Crippen LogP contribution in [0.4, 0.5) is 0 Å². The van der Waals surface area contributed by atoms with Gasteiger partial charge in [0, 0.05) is 6.08 Å². The number of hydrogen-bond acceptors (Lipinski definition) is 6. The Morgan fingerprint density at radius 2 is 1.89 bits per heavy atom. The van der Waals surface area contributed by atoms with E-state index in [0.717, 1.165) is 16.5 Å². The first-order chi connectivity index (χ1) is 13.1. The molecule has 3 aromatic rings. The van der Waals surface area contributed by atoms with E-state index in [1.54, 1.807) is 39.2 Å². The summed E-state index contributed by atoms with van der Waals surface area (Å²) in [5.41, 5.74) is 1.58. The van der Waals surface area contributed by atoms with Crippen LogP contribution in [0.1, 0.15) is 19.4 Å². The van der Waals surface area contributed by atoms with Crippen molar-refractivity contribution in [2.24, 2.45) is 0 Å². The normalized spacial score (nSPS) is 11.1. The minimum atomic E-state index is -0.392. The summed E-state index contributed by atoms with van der Waals surface area (Å²) in [6, 6.07) is 13.0. The SMILES string of the molecule is COc1cc(C=CC(=O)OC(C)C)ccc1Oc1ncnc2ccccc12. The summed E-state index contributed by atoms with van der Waals surface area (Å²) < 4.78 is 16.5. The number of para-hydroxylation sites is 1. The predicted octanol–water partition coefficient (Wildman–Crippen LogP) is 4.40. The third kappa shape index (κ3) is 4.61. The first-order valence-electron chi connectivity index (χ1n) is 8.51. The summed E-state index contributed by atoms with van der Waals surface area (Å²) in [4.78, 5) is 20.1. The van der Waals surface area contributed by atoms with Gasteiger partial charge in [-0.2, -0.15) is 0 Å². The largest absolute Gasteiger partial charge is 0.493 e. The summed E-state index contributed by atoms with van der Waals surface area (Å²) in [5, 5.41) is 0.808. The lowest BCUT2D eigenvalue weighted by Gasteiger charge is -2.11. The molecule has 27 heavy (non-hydrogen) atoms. The van der Waals surface area contributed by atoms with Crippen molar-refractivity contribution in [3.8, 4) is 17.4 Å². The second-order valence-electron chi connectivity index (χ2n) is 6.03. The van der Waals surface area contributed by atoms with Crippen molar-refractivity contribution in [2.45, 2.75) is 20.0 Å². The van der Waals surface area contributed by atoms with Gasteiger partial charge < -0.3 is 14.2 Å². The van der Waals surface area contributed by atoms with Crippen LogP contribution >= 0.6 is 0 Å². The van der Waals surface area contributed by atoms with Crippen LogP contribution in [-0.4, -0.2) is 29.2 Å². The molecule has 1 heterocycles. The van der Waals surface area contributed by atoms with E-state index < -0.39 is 5.97 Å². The van der Waals surface area contributed by atoms with Gasteiger partial charge in [0.1, 0.15) is 6.33 Å². The third-order valence-corrected chi connectivity index (χ3v) is 3.66. The summed E-state index contributed by atoms with van der Waals surface area (Å²) in [7, 11) is 1.56. The van der Waals surface area contributed by atoms with Gasteiger partial charge in [-0.25, -0.2) is 14.8 Å². The number of benzene rings is 2. The zero-order valence-electron chi connectivity index (χ0n) is 15.4. The van der Waals surface area contributed by atoms with Crippen LogP contribution in [0.25, 0.3) is 17.0 Å². The highest BCUT2D eigenvalue weighted by molar-refractivity contribution is 5.87. The molecule has 0 saturated heterocycles. The maximum absolute atomic E-state index is 11.6. The van der Waals surface area contributed by atoms with Crippen molar-refractivity contribution in [1.29, 1.82) is 0 Å². The highest BCUT2D eigenvalue weighted by atomic mass is 16.5. The van der Waals surface area contributed by atoms with E-state index in [0.29, 0.717) is 17.4 Å². The minimum Gasteiger partial charge on any atom is -0.493 e. The van der Waals surface area contributed by atoms with Gasteiger partial charge in [-0.3, -0.25) is 0 Å². The molecule has 0 aliphatic carbocycles. The lowest BCUT2D eigenvalue weighted by molar-refractivity contribution is -0.141. The zero-order valence-corrected chi connectivity index (χ0v) is 15.4. The Kier molecular flexibility index (Phi) is 5.66. The van der Waals surface area contributed by atoms with Gasteiger partial charge in [-0.1, -0.05) is 18.2 Å². The minimum absolute atomic E-state index is 0.157. The molecule has 6 heteroatoms. The first kappa shape index (κ1) is 18.4. The van der Waals surface area contributed by atoms with E-state index in [1.165, 1.54) is 12.4 Å². The summed E-state index contributed by atoms with van der Waals surface area (Å²) in [5.74, 6) is 1.10. The van der Waals surface area contributed by atoms with E-state index in [-0.39, 0.29) is 6.10 Å². The van der Waals surface area contributed by atoms with Gasteiger partial charge >= 0.3 is 5.97 Å². The van der Waals surface area contributed by atoms with Crippen LogP contribution in [0.2, 0.25) is 0 Å². The van der Waals surface area contributed by atoms with Gasteiger partial charge in [-0.15, -0.1) is 0 Å². The molecule has 0 amide bonds. The van der Waals surface area contributed by atoms with Gasteiger partial charge in [0.05, 0.1) is 24.1 Å². The van der Waals surface area contributed by atoms with Gasteiger partial charge in [0.15, 0.2) is 11.5 Å². The third-order valence-electron chi connectivity index (χ3n) is 3.66. The van der Waals surface area contributed by atoms with E-state index in [9.17, 15) is 4.79 Å². The molecule has 2 aromatic carbocycles. The number of carbonyl (C=O) groups excluding carboxylic acids is 1. The van der Waals surface area contributed by atoms with E-state index >= 15 is 0 Å². The maximum atomic E-state index is 11.6. The lowest BCUT2D eigenvalue weighted by Crippen LogP contribution is -2.08. The van der Waals surface area contributed by atoms with Crippen LogP contribution < -0.4 is 9.47 Å². The number of fused-ring (bicyclic) bond motifs is 1. The number of carbonyl (C=O) groups is 1. The van der Waals surface area contributed by atoms with Crippen molar-refractivity contribution in [2.75, 3.05) is 7.11 Å². The molecule has 6 nitrogen and oxygen atoms in total. The van der Waals surface area contributed by atoms with Crippen LogP contribution in [0.5, 0.6) is 17.4 Å². The molecule has 0 aliphatic rings. The highest BCUT2D eigenvalue weighted by Gasteiger charge is 2.10. The molecule has 138 valence electrons. The zero-order chi connectivity index (χ0) is 19.2. The fourth-order valence-electron chi connectivity index (χ4n) is 2.47. The van der Waals surface area contributed by atoms with Crippen molar-refractivity contribution < 1.29 is 19.0 Å². The van der Waals surface area contributed by atoms with Crippen molar-refractivity contribution in [1.82, 2.24) is 9.97 Å². The van der Waals surface area contributed by atoms with Gasteiger partial charge in [0.2, 0.25) is 5.88 Å². The lowest BCUT2D eigenvalue weighted by atomic mass is 10.2. The van der Waals surface area contributed by atoms with Crippen molar-refractivity contribution in [3.63, 3.8) is 0 Å². The second kappa shape index (κ2) is 8.31. The number of nitrogens with zero attached hydrogens (tertiary/aromatic N) is 2. The van der Waals surface area contributed by atoms with E-state index in [4.69, 9.17) is 14.2 Å². The smallest absolute Gasteiger partial charge is 0.331 e. The van der Waals surface area contributed by atoms with Gasteiger partial charge in [-0.05, 0) is 49.8 Å². The Labute approximate surface area is 157 Å². The molecule has 1 aromatic heterocycles. The Morgan fingerprint density at radius 3 is 2.67 bits per heavy atom. The predicted molar refractivity (Wildman–Crippen MR) is 103 cm³/mol. The Balaban J connectivity index is 1.84. The van der Waals surface area contributed by atoms with E-state index in [1.807, 2.05) is 30.3 Å². The number of aromatic nitrogens is 2. The molecular weight excluding hydrogens is 344 g/mol. The van der Waals surface area contributed by atoms with E-state index in [2.05, 4.69) is 9.97 Å². The molecule has 3 rings (SSSR count). The maximum Gasteiger partial charge on any atom is 0.331 e. The van der Waals surface area contributed by atoms with Crippen LogP contribution in [0.15, 0.2) is 54.9 Å². The molecule has 0 spiro atoms. The number of esters is 1. The summed E-state index contributed by atoms with van der Waals surface area (Å²) in [6.45, 7) is 3.61.